The predicted octanol–water partition coefficient (Wildman–Crippen LogP) is 6.11. The molecule has 31 heavy (non-hydrogen) atoms. The van der Waals surface area contributed by atoms with E-state index in [0.717, 1.165) is 24.8 Å². The topological polar surface area (TPSA) is 65.0 Å². The summed E-state index contributed by atoms with van der Waals surface area (Å²) in [7, 11) is 5.46. The maximum Gasteiger partial charge on any atom is 0.321 e. The second kappa shape index (κ2) is 10.2. The number of urea groups is 1. The second-order valence-electron chi connectivity index (χ2n) is 7.74. The van der Waals surface area contributed by atoms with Crippen LogP contribution in [0.4, 0.5) is 10.5 Å². The average molecular weight is 487 g/mol. The SMILES string of the molecule is COc1cccc(-c2c(Cl)c(Cl)c(Cl)c(O)c2NC(=O)N2CCCCC2)c1CN(C)C. The number of hydrogen-bond donors (Lipinski definition) is 2. The standard InChI is InChI=1S/C22H26Cl3N3O3/c1-27(2)12-14-13(8-7-9-15(14)31-3)16-17(23)18(24)19(25)21(29)20(16)26-22(30)28-10-5-4-6-11-28/h7-9,29H,4-6,10-12H2,1-3H3,(H,26,30). The summed E-state index contributed by atoms with van der Waals surface area (Å²) in [6.07, 6.45) is 2.98. The van der Waals surface area contributed by atoms with Crippen LogP contribution >= 0.6 is 34.8 Å². The Hall–Kier alpha value is -1.86. The molecule has 3 rings (SSSR count). The first-order valence-electron chi connectivity index (χ1n) is 10.0. The van der Waals surface area contributed by atoms with Crippen LogP contribution < -0.4 is 10.1 Å². The Labute approximate surface area is 197 Å². The number of ether oxygens (including phenoxy) is 1. The van der Waals surface area contributed by atoms with Gasteiger partial charge in [0, 0.05) is 30.8 Å². The number of amides is 2. The molecule has 0 bridgehead atoms. The van der Waals surface area contributed by atoms with Crippen LogP contribution in [0.25, 0.3) is 11.1 Å². The molecule has 2 aromatic carbocycles. The lowest BCUT2D eigenvalue weighted by atomic mass is 9.96. The van der Waals surface area contributed by atoms with Gasteiger partial charge in [-0.25, -0.2) is 4.79 Å². The Morgan fingerprint density at radius 2 is 1.81 bits per heavy atom. The smallest absolute Gasteiger partial charge is 0.321 e. The molecule has 1 aliphatic rings. The number of anilines is 1. The van der Waals surface area contributed by atoms with Gasteiger partial charge in [-0.15, -0.1) is 0 Å². The molecule has 0 aliphatic carbocycles. The molecule has 0 spiro atoms. The Morgan fingerprint density at radius 3 is 2.42 bits per heavy atom. The molecule has 0 unspecified atom stereocenters. The Balaban J connectivity index is 2.19. The summed E-state index contributed by atoms with van der Waals surface area (Å²) in [6, 6.07) is 5.20. The molecule has 0 radical (unpaired) electrons. The van der Waals surface area contributed by atoms with Gasteiger partial charge >= 0.3 is 6.03 Å². The highest BCUT2D eigenvalue weighted by molar-refractivity contribution is 6.50. The highest BCUT2D eigenvalue weighted by atomic mass is 35.5. The van der Waals surface area contributed by atoms with Gasteiger partial charge in [0.1, 0.15) is 10.8 Å². The number of phenolic OH excluding ortho intramolecular Hbond substituents is 1. The molecule has 2 aromatic rings. The van der Waals surface area contributed by atoms with E-state index in [-0.39, 0.29) is 32.5 Å². The van der Waals surface area contributed by atoms with Crippen molar-refractivity contribution in [3.8, 4) is 22.6 Å². The van der Waals surface area contributed by atoms with Gasteiger partial charge in [0.25, 0.3) is 0 Å². The van der Waals surface area contributed by atoms with E-state index in [4.69, 9.17) is 39.5 Å². The highest BCUT2D eigenvalue weighted by Gasteiger charge is 2.27. The van der Waals surface area contributed by atoms with Crippen LogP contribution in [-0.2, 0) is 6.54 Å². The number of rotatable bonds is 5. The summed E-state index contributed by atoms with van der Waals surface area (Å²) in [6.45, 7) is 1.85. The minimum absolute atomic E-state index is 0.0189. The third kappa shape index (κ3) is 4.98. The fraction of sp³-hybridized carbons (Fsp3) is 0.409. The number of halogens is 3. The third-order valence-corrected chi connectivity index (χ3v) is 6.59. The monoisotopic (exact) mass is 485 g/mol. The molecule has 1 heterocycles. The maximum atomic E-state index is 12.9. The van der Waals surface area contributed by atoms with Gasteiger partial charge < -0.3 is 25.0 Å². The van der Waals surface area contributed by atoms with Crippen LogP contribution in [0.15, 0.2) is 18.2 Å². The number of piperidine rings is 1. The van der Waals surface area contributed by atoms with Crippen molar-refractivity contribution in [3.63, 3.8) is 0 Å². The summed E-state index contributed by atoms with van der Waals surface area (Å²) in [5.41, 5.74) is 2.04. The maximum absolute atomic E-state index is 12.9. The van der Waals surface area contributed by atoms with Gasteiger partial charge in [0.05, 0.1) is 22.8 Å². The summed E-state index contributed by atoms with van der Waals surface area (Å²) >= 11 is 19.2. The van der Waals surface area contributed by atoms with E-state index in [1.807, 2.05) is 37.2 Å². The Kier molecular flexibility index (Phi) is 7.81. The molecule has 0 aromatic heterocycles. The molecule has 9 heteroatoms. The van der Waals surface area contributed by atoms with Crippen LogP contribution in [0.1, 0.15) is 24.8 Å². The number of likely N-dealkylation sites (tertiary alicyclic amines) is 1. The van der Waals surface area contributed by atoms with E-state index >= 15 is 0 Å². The average Bonchev–Trinajstić information content (AvgIpc) is 2.77. The quantitative estimate of drug-likeness (QED) is 0.395. The molecular weight excluding hydrogens is 461 g/mol. The van der Waals surface area contributed by atoms with Crippen LogP contribution in [0, 0.1) is 0 Å². The van der Waals surface area contributed by atoms with Crippen molar-refractivity contribution < 1.29 is 14.6 Å². The summed E-state index contributed by atoms with van der Waals surface area (Å²) in [4.78, 5) is 16.7. The minimum atomic E-state index is -0.324. The summed E-state index contributed by atoms with van der Waals surface area (Å²) < 4.78 is 5.56. The Morgan fingerprint density at radius 1 is 1.13 bits per heavy atom. The van der Waals surface area contributed by atoms with Crippen LogP contribution in [0.5, 0.6) is 11.5 Å². The number of methoxy groups -OCH3 is 1. The zero-order valence-corrected chi connectivity index (χ0v) is 20.0. The highest BCUT2D eigenvalue weighted by Crippen LogP contribution is 2.51. The zero-order chi connectivity index (χ0) is 22.7. The Bertz CT molecular complexity index is 976. The van der Waals surface area contributed by atoms with Crippen molar-refractivity contribution in [2.75, 3.05) is 39.6 Å². The predicted molar refractivity (Wildman–Crippen MR) is 127 cm³/mol. The fourth-order valence-electron chi connectivity index (χ4n) is 3.78. The molecular formula is C22H26Cl3N3O3. The van der Waals surface area contributed by atoms with Gasteiger partial charge in [-0.2, -0.15) is 0 Å². The number of nitrogens with one attached hydrogen (secondary N) is 1. The number of nitrogens with zero attached hydrogens (tertiary/aromatic N) is 2. The van der Waals surface area contributed by atoms with Crippen molar-refractivity contribution in [1.29, 1.82) is 0 Å². The molecule has 168 valence electrons. The van der Waals surface area contributed by atoms with Crippen LogP contribution in [0.3, 0.4) is 0 Å². The molecule has 1 saturated heterocycles. The lowest BCUT2D eigenvalue weighted by Crippen LogP contribution is -2.38. The van der Waals surface area contributed by atoms with Crippen molar-refractivity contribution in [3.05, 3.63) is 38.8 Å². The van der Waals surface area contributed by atoms with Gasteiger partial charge in [-0.3, -0.25) is 0 Å². The van der Waals surface area contributed by atoms with Crippen molar-refractivity contribution in [1.82, 2.24) is 9.80 Å². The molecule has 1 fully saturated rings. The first kappa shape index (κ1) is 23.8. The first-order valence-corrected chi connectivity index (χ1v) is 11.2. The van der Waals surface area contributed by atoms with Gasteiger partial charge in [0.15, 0.2) is 5.75 Å². The number of benzene rings is 2. The second-order valence-corrected chi connectivity index (χ2v) is 8.88. The molecule has 6 nitrogen and oxygen atoms in total. The van der Waals surface area contributed by atoms with Crippen molar-refractivity contribution >= 4 is 46.5 Å². The van der Waals surface area contributed by atoms with Crippen molar-refractivity contribution in [2.24, 2.45) is 0 Å². The van der Waals surface area contributed by atoms with E-state index in [2.05, 4.69) is 5.32 Å². The number of hydrogen-bond acceptors (Lipinski definition) is 4. The van der Waals surface area contributed by atoms with E-state index in [0.29, 0.717) is 36.5 Å². The van der Waals surface area contributed by atoms with E-state index in [1.165, 1.54) is 0 Å². The molecule has 2 amide bonds. The lowest BCUT2D eigenvalue weighted by molar-refractivity contribution is 0.200. The summed E-state index contributed by atoms with van der Waals surface area (Å²) in [5, 5.41) is 13.7. The van der Waals surface area contributed by atoms with Crippen LogP contribution in [-0.4, -0.2) is 55.2 Å². The van der Waals surface area contributed by atoms with E-state index < -0.39 is 0 Å². The third-order valence-electron chi connectivity index (χ3n) is 5.27. The van der Waals surface area contributed by atoms with Gasteiger partial charge in [0.2, 0.25) is 0 Å². The fourth-order valence-corrected chi connectivity index (χ4v) is 4.49. The molecule has 0 atom stereocenters. The van der Waals surface area contributed by atoms with Gasteiger partial charge in [-0.05, 0) is 45.0 Å². The largest absolute Gasteiger partial charge is 0.504 e. The molecule has 0 saturated carbocycles. The number of phenols is 1. The van der Waals surface area contributed by atoms with Crippen LogP contribution in [0.2, 0.25) is 15.1 Å². The normalized spacial score (nSPS) is 14.1. The van der Waals surface area contributed by atoms with Gasteiger partial charge in [-0.1, -0.05) is 46.9 Å². The summed E-state index contributed by atoms with van der Waals surface area (Å²) in [5.74, 6) is 0.330. The first-order chi connectivity index (χ1) is 14.8. The number of carbonyl (C=O) groups is 1. The van der Waals surface area contributed by atoms with E-state index in [1.54, 1.807) is 12.0 Å². The van der Waals surface area contributed by atoms with Crippen molar-refractivity contribution in [2.45, 2.75) is 25.8 Å². The number of carbonyl (C=O) groups excluding carboxylic acids is 1. The molecule has 1 aliphatic heterocycles. The molecule has 2 N–H and O–H groups in total. The number of aromatic hydroxyl groups is 1. The zero-order valence-electron chi connectivity index (χ0n) is 17.8. The van der Waals surface area contributed by atoms with E-state index in [9.17, 15) is 9.90 Å². The lowest BCUT2D eigenvalue weighted by Gasteiger charge is -2.28. The minimum Gasteiger partial charge on any atom is -0.504 e.